The van der Waals surface area contributed by atoms with Crippen LogP contribution in [0.4, 0.5) is 4.39 Å². The SMILES string of the molecule is COc1ccc(F)cc1-c1ccccc1-n1c(C)cc(C(=O)O)c1C. The number of halogens is 1. The second kappa shape index (κ2) is 6.43. The minimum Gasteiger partial charge on any atom is -0.496 e. The van der Waals surface area contributed by atoms with E-state index in [4.69, 9.17) is 4.74 Å². The smallest absolute Gasteiger partial charge is 0.337 e. The van der Waals surface area contributed by atoms with Gasteiger partial charge in [0.05, 0.1) is 18.4 Å². The normalized spacial score (nSPS) is 10.7. The number of ether oxygens (including phenoxy) is 1. The molecule has 0 bridgehead atoms. The van der Waals surface area contributed by atoms with Crippen LogP contribution in [-0.2, 0) is 0 Å². The van der Waals surface area contributed by atoms with Crippen LogP contribution in [0.25, 0.3) is 16.8 Å². The van der Waals surface area contributed by atoms with Crippen molar-refractivity contribution < 1.29 is 19.0 Å². The van der Waals surface area contributed by atoms with Crippen molar-refractivity contribution in [2.45, 2.75) is 13.8 Å². The van der Waals surface area contributed by atoms with Gasteiger partial charge in [-0.15, -0.1) is 0 Å². The fraction of sp³-hybridized carbons (Fsp3) is 0.150. The average molecular weight is 339 g/mol. The summed E-state index contributed by atoms with van der Waals surface area (Å²) in [7, 11) is 1.54. The van der Waals surface area contributed by atoms with Crippen molar-refractivity contribution in [1.82, 2.24) is 4.57 Å². The molecule has 1 heterocycles. The van der Waals surface area contributed by atoms with E-state index < -0.39 is 5.97 Å². The lowest BCUT2D eigenvalue weighted by Gasteiger charge is -2.17. The Balaban J connectivity index is 2.29. The highest BCUT2D eigenvalue weighted by Crippen LogP contribution is 2.36. The first-order valence-electron chi connectivity index (χ1n) is 7.79. The first-order chi connectivity index (χ1) is 11.9. The first kappa shape index (κ1) is 16.8. The molecule has 3 aromatic rings. The van der Waals surface area contributed by atoms with Gasteiger partial charge in [0, 0.05) is 22.5 Å². The molecule has 0 atom stereocenters. The standard InChI is InChI=1S/C20H18FNO3/c1-12-10-16(20(23)24)13(2)22(12)18-7-5-4-6-15(18)17-11-14(21)8-9-19(17)25-3/h4-11H,1-3H3,(H,23,24). The number of nitrogens with zero attached hydrogens (tertiary/aromatic N) is 1. The number of rotatable bonds is 4. The quantitative estimate of drug-likeness (QED) is 0.755. The monoisotopic (exact) mass is 339 g/mol. The summed E-state index contributed by atoms with van der Waals surface area (Å²) in [6.45, 7) is 3.61. The summed E-state index contributed by atoms with van der Waals surface area (Å²) >= 11 is 0. The van der Waals surface area contributed by atoms with Crippen molar-refractivity contribution in [3.05, 3.63) is 71.3 Å². The number of para-hydroxylation sites is 1. The summed E-state index contributed by atoms with van der Waals surface area (Å²) in [5.74, 6) is -0.785. The zero-order valence-electron chi connectivity index (χ0n) is 14.2. The van der Waals surface area contributed by atoms with Gasteiger partial charge in [0.25, 0.3) is 0 Å². The predicted molar refractivity (Wildman–Crippen MR) is 94.1 cm³/mol. The average Bonchev–Trinajstić information content (AvgIpc) is 2.89. The summed E-state index contributed by atoms with van der Waals surface area (Å²) in [5, 5.41) is 9.37. The molecule has 4 nitrogen and oxygen atoms in total. The molecule has 128 valence electrons. The molecule has 5 heteroatoms. The second-order valence-electron chi connectivity index (χ2n) is 5.79. The van der Waals surface area contributed by atoms with Gasteiger partial charge in [-0.05, 0) is 44.2 Å². The Kier molecular flexibility index (Phi) is 4.31. The molecular weight excluding hydrogens is 321 g/mol. The number of carboxylic acids is 1. The van der Waals surface area contributed by atoms with Gasteiger partial charge in [-0.1, -0.05) is 18.2 Å². The summed E-state index contributed by atoms with van der Waals surface area (Å²) in [6.07, 6.45) is 0. The zero-order chi connectivity index (χ0) is 18.1. The summed E-state index contributed by atoms with van der Waals surface area (Å²) in [6, 6.07) is 13.5. The Morgan fingerprint density at radius 1 is 1.08 bits per heavy atom. The molecule has 0 spiro atoms. The maximum atomic E-state index is 13.8. The molecule has 0 amide bonds. The Bertz CT molecular complexity index is 960. The maximum absolute atomic E-state index is 13.8. The van der Waals surface area contributed by atoms with Gasteiger partial charge >= 0.3 is 5.97 Å². The van der Waals surface area contributed by atoms with Gasteiger partial charge in [-0.25, -0.2) is 9.18 Å². The molecule has 0 unspecified atom stereocenters. The predicted octanol–water partition coefficient (Wildman–Crippen LogP) is 4.61. The van der Waals surface area contributed by atoms with Crippen molar-refractivity contribution in [3.8, 4) is 22.6 Å². The van der Waals surface area contributed by atoms with Crippen LogP contribution >= 0.6 is 0 Å². The molecule has 25 heavy (non-hydrogen) atoms. The highest BCUT2D eigenvalue weighted by Gasteiger charge is 2.19. The Morgan fingerprint density at radius 3 is 2.44 bits per heavy atom. The number of aromatic nitrogens is 1. The lowest BCUT2D eigenvalue weighted by atomic mass is 10.0. The van der Waals surface area contributed by atoms with Crippen molar-refractivity contribution in [2.24, 2.45) is 0 Å². The van der Waals surface area contributed by atoms with Gasteiger partial charge in [0.1, 0.15) is 11.6 Å². The Hall–Kier alpha value is -3.08. The molecular formula is C20H18FNO3. The van der Waals surface area contributed by atoms with E-state index in [2.05, 4.69) is 0 Å². The minimum absolute atomic E-state index is 0.249. The number of aromatic carboxylic acids is 1. The number of carboxylic acid groups (broad SMARTS) is 1. The van der Waals surface area contributed by atoms with E-state index in [0.717, 1.165) is 16.9 Å². The van der Waals surface area contributed by atoms with Gasteiger partial charge in [0.2, 0.25) is 0 Å². The van der Waals surface area contributed by atoms with Gasteiger partial charge in [0.15, 0.2) is 0 Å². The van der Waals surface area contributed by atoms with E-state index in [9.17, 15) is 14.3 Å². The van der Waals surface area contributed by atoms with Crippen molar-refractivity contribution >= 4 is 5.97 Å². The summed E-state index contributed by atoms with van der Waals surface area (Å²) < 4.78 is 21.1. The molecule has 3 rings (SSSR count). The van der Waals surface area contributed by atoms with E-state index in [1.165, 1.54) is 19.2 Å². The van der Waals surface area contributed by atoms with Crippen LogP contribution in [0.3, 0.4) is 0 Å². The highest BCUT2D eigenvalue weighted by atomic mass is 19.1. The van der Waals surface area contributed by atoms with Crippen LogP contribution in [0.5, 0.6) is 5.75 Å². The molecule has 0 aliphatic rings. The van der Waals surface area contributed by atoms with Gasteiger partial charge < -0.3 is 14.4 Å². The van der Waals surface area contributed by atoms with Crippen LogP contribution < -0.4 is 4.74 Å². The fourth-order valence-corrected chi connectivity index (χ4v) is 3.14. The lowest BCUT2D eigenvalue weighted by Crippen LogP contribution is -2.04. The zero-order valence-corrected chi connectivity index (χ0v) is 14.2. The van der Waals surface area contributed by atoms with Crippen LogP contribution in [0.1, 0.15) is 21.7 Å². The summed E-state index contributed by atoms with van der Waals surface area (Å²) in [4.78, 5) is 11.4. The third-order valence-electron chi connectivity index (χ3n) is 4.26. The third kappa shape index (κ3) is 2.89. The molecule has 0 radical (unpaired) electrons. The van der Waals surface area contributed by atoms with E-state index in [1.807, 2.05) is 35.8 Å². The van der Waals surface area contributed by atoms with Crippen LogP contribution in [0.2, 0.25) is 0 Å². The lowest BCUT2D eigenvalue weighted by molar-refractivity contribution is 0.0696. The second-order valence-corrected chi connectivity index (χ2v) is 5.79. The minimum atomic E-state index is -0.972. The van der Waals surface area contributed by atoms with Crippen molar-refractivity contribution in [1.29, 1.82) is 0 Å². The molecule has 2 aromatic carbocycles. The number of methoxy groups -OCH3 is 1. The van der Waals surface area contributed by atoms with E-state index in [0.29, 0.717) is 17.0 Å². The van der Waals surface area contributed by atoms with Crippen LogP contribution in [0, 0.1) is 19.7 Å². The van der Waals surface area contributed by atoms with E-state index in [1.54, 1.807) is 19.1 Å². The molecule has 0 saturated heterocycles. The highest BCUT2D eigenvalue weighted by molar-refractivity contribution is 5.90. The van der Waals surface area contributed by atoms with Gasteiger partial charge in [-0.2, -0.15) is 0 Å². The first-order valence-corrected chi connectivity index (χ1v) is 7.79. The third-order valence-corrected chi connectivity index (χ3v) is 4.26. The Morgan fingerprint density at radius 2 is 1.80 bits per heavy atom. The molecule has 1 aromatic heterocycles. The van der Waals surface area contributed by atoms with E-state index >= 15 is 0 Å². The van der Waals surface area contributed by atoms with Crippen LogP contribution in [0.15, 0.2) is 48.5 Å². The van der Waals surface area contributed by atoms with E-state index in [-0.39, 0.29) is 11.4 Å². The molecule has 0 aliphatic heterocycles. The van der Waals surface area contributed by atoms with Gasteiger partial charge in [-0.3, -0.25) is 0 Å². The van der Waals surface area contributed by atoms with Crippen molar-refractivity contribution in [3.63, 3.8) is 0 Å². The number of hydrogen-bond donors (Lipinski definition) is 1. The van der Waals surface area contributed by atoms with Crippen LogP contribution in [-0.4, -0.2) is 22.8 Å². The number of benzene rings is 2. The largest absolute Gasteiger partial charge is 0.496 e. The molecule has 0 fully saturated rings. The number of carbonyl (C=O) groups is 1. The Labute approximate surface area is 145 Å². The fourth-order valence-electron chi connectivity index (χ4n) is 3.14. The topological polar surface area (TPSA) is 51.5 Å². The number of hydrogen-bond acceptors (Lipinski definition) is 2. The summed E-state index contributed by atoms with van der Waals surface area (Å²) in [5.41, 5.74) is 3.80. The molecule has 0 saturated carbocycles. The number of aryl methyl sites for hydroxylation is 1. The maximum Gasteiger partial charge on any atom is 0.337 e. The van der Waals surface area contributed by atoms with Crippen molar-refractivity contribution in [2.75, 3.05) is 7.11 Å². The molecule has 0 aliphatic carbocycles. The molecule has 1 N–H and O–H groups in total.